The Hall–Kier alpha value is -2.65. The van der Waals surface area contributed by atoms with Crippen LogP contribution in [0.25, 0.3) is 0 Å². The van der Waals surface area contributed by atoms with Gasteiger partial charge in [-0.25, -0.2) is 4.39 Å². The van der Waals surface area contributed by atoms with Crippen LogP contribution < -0.4 is 10.1 Å². The van der Waals surface area contributed by atoms with E-state index in [0.29, 0.717) is 12.0 Å². The summed E-state index contributed by atoms with van der Waals surface area (Å²) in [5.41, 5.74) is 2.44. The van der Waals surface area contributed by atoms with Gasteiger partial charge in [0, 0.05) is 18.5 Å². The van der Waals surface area contributed by atoms with Crippen LogP contribution in [0.15, 0.2) is 78.9 Å². The first-order valence-electron chi connectivity index (χ1n) is 8.58. The summed E-state index contributed by atoms with van der Waals surface area (Å²) in [4.78, 5) is 0. The summed E-state index contributed by atoms with van der Waals surface area (Å²) in [6, 6.07) is 25.3. The highest BCUT2D eigenvalue weighted by atomic mass is 19.1. The fourth-order valence-electron chi connectivity index (χ4n) is 3.05. The maximum Gasteiger partial charge on any atom is 0.127 e. The smallest absolute Gasteiger partial charge is 0.127 e. The second-order valence-corrected chi connectivity index (χ2v) is 6.44. The van der Waals surface area contributed by atoms with Crippen LogP contribution >= 0.6 is 0 Å². The molecule has 4 rings (SSSR count). The Labute approximate surface area is 147 Å². The van der Waals surface area contributed by atoms with E-state index in [1.807, 2.05) is 54.6 Å². The topological polar surface area (TPSA) is 21.3 Å². The van der Waals surface area contributed by atoms with Gasteiger partial charge in [-0.2, -0.15) is 0 Å². The Bertz CT molecular complexity index is 815. The number of hydrogen-bond acceptors (Lipinski definition) is 2. The van der Waals surface area contributed by atoms with Crippen molar-refractivity contribution in [3.8, 4) is 11.5 Å². The molecular weight excluding hydrogens is 313 g/mol. The van der Waals surface area contributed by atoms with E-state index in [2.05, 4.69) is 17.4 Å². The molecule has 0 heterocycles. The van der Waals surface area contributed by atoms with Crippen molar-refractivity contribution in [3.05, 3.63) is 95.8 Å². The molecule has 1 aliphatic rings. The molecule has 1 aliphatic carbocycles. The van der Waals surface area contributed by atoms with Gasteiger partial charge in [0.05, 0.1) is 0 Å². The molecule has 0 bridgehead atoms. The highest BCUT2D eigenvalue weighted by Gasteiger charge is 2.37. The average molecular weight is 333 g/mol. The number of halogens is 1. The third-order valence-corrected chi connectivity index (χ3v) is 4.56. The van der Waals surface area contributed by atoms with Crippen LogP contribution in [0.2, 0.25) is 0 Å². The van der Waals surface area contributed by atoms with Crippen LogP contribution in [0.1, 0.15) is 23.5 Å². The Morgan fingerprint density at radius 3 is 2.24 bits per heavy atom. The van der Waals surface area contributed by atoms with E-state index in [1.165, 1.54) is 17.7 Å². The monoisotopic (exact) mass is 333 g/mol. The highest BCUT2D eigenvalue weighted by molar-refractivity contribution is 5.36. The first kappa shape index (κ1) is 15.9. The second kappa shape index (κ2) is 7.08. The number of hydrogen-bond donors (Lipinski definition) is 1. The first-order valence-corrected chi connectivity index (χ1v) is 8.58. The Balaban J connectivity index is 1.30. The lowest BCUT2D eigenvalue weighted by molar-refractivity contribution is 0.482. The lowest BCUT2D eigenvalue weighted by Gasteiger charge is -2.07. The molecule has 1 unspecified atom stereocenters. The summed E-state index contributed by atoms with van der Waals surface area (Å²) in [5.74, 6) is 2.06. The van der Waals surface area contributed by atoms with Crippen molar-refractivity contribution < 1.29 is 9.13 Å². The van der Waals surface area contributed by atoms with Crippen molar-refractivity contribution in [3.63, 3.8) is 0 Å². The minimum atomic E-state index is -0.189. The van der Waals surface area contributed by atoms with Gasteiger partial charge in [0.1, 0.15) is 17.3 Å². The third-order valence-electron chi connectivity index (χ3n) is 4.56. The fraction of sp³-hybridized carbons (Fsp3) is 0.182. The zero-order chi connectivity index (χ0) is 17.1. The summed E-state index contributed by atoms with van der Waals surface area (Å²) in [7, 11) is 0. The average Bonchev–Trinajstić information content (AvgIpc) is 3.42. The van der Waals surface area contributed by atoms with Crippen LogP contribution in [0.4, 0.5) is 4.39 Å². The van der Waals surface area contributed by atoms with Crippen molar-refractivity contribution in [1.82, 2.24) is 5.32 Å². The van der Waals surface area contributed by atoms with E-state index < -0.39 is 0 Å². The molecule has 126 valence electrons. The minimum absolute atomic E-state index is 0.189. The van der Waals surface area contributed by atoms with Crippen molar-refractivity contribution in [2.75, 3.05) is 0 Å². The first-order chi connectivity index (χ1) is 12.3. The lowest BCUT2D eigenvalue weighted by atomic mass is 10.1. The van der Waals surface area contributed by atoms with Gasteiger partial charge in [-0.05, 0) is 53.9 Å². The Kier molecular flexibility index (Phi) is 4.49. The molecule has 3 aromatic rings. The molecule has 3 aromatic carbocycles. The van der Waals surface area contributed by atoms with Gasteiger partial charge in [-0.1, -0.05) is 42.5 Å². The van der Waals surface area contributed by atoms with Crippen molar-refractivity contribution >= 4 is 0 Å². The predicted octanol–water partition coefficient (Wildman–Crippen LogP) is 5.26. The summed E-state index contributed by atoms with van der Waals surface area (Å²) >= 11 is 0. The fourth-order valence-corrected chi connectivity index (χ4v) is 3.05. The largest absolute Gasteiger partial charge is 0.457 e. The van der Waals surface area contributed by atoms with Crippen LogP contribution in [-0.4, -0.2) is 6.04 Å². The van der Waals surface area contributed by atoms with Gasteiger partial charge in [0.2, 0.25) is 0 Å². The normalized spacial score (nSPS) is 18.8. The molecule has 0 saturated heterocycles. The van der Waals surface area contributed by atoms with Gasteiger partial charge in [-0.3, -0.25) is 0 Å². The van der Waals surface area contributed by atoms with Crippen LogP contribution in [0.3, 0.4) is 0 Å². The SMILES string of the molecule is Fc1ccc(CN[C@H]2CC2c2ccc(Oc3ccccc3)cc2)cc1. The van der Waals surface area contributed by atoms with Crippen LogP contribution in [-0.2, 0) is 6.54 Å². The summed E-state index contributed by atoms with van der Waals surface area (Å²) in [6.07, 6.45) is 1.14. The molecule has 2 atom stereocenters. The molecule has 25 heavy (non-hydrogen) atoms. The quantitative estimate of drug-likeness (QED) is 0.664. The molecule has 1 saturated carbocycles. The maximum absolute atomic E-state index is 12.9. The maximum atomic E-state index is 12.9. The molecule has 0 aliphatic heterocycles. The Morgan fingerprint density at radius 2 is 1.52 bits per heavy atom. The number of para-hydroxylation sites is 1. The van der Waals surface area contributed by atoms with Gasteiger partial charge in [0.25, 0.3) is 0 Å². The zero-order valence-corrected chi connectivity index (χ0v) is 13.9. The molecule has 1 fully saturated rings. The van der Waals surface area contributed by atoms with Gasteiger partial charge < -0.3 is 10.1 Å². The molecule has 3 heteroatoms. The predicted molar refractivity (Wildman–Crippen MR) is 97.3 cm³/mol. The highest BCUT2D eigenvalue weighted by Crippen LogP contribution is 2.41. The van der Waals surface area contributed by atoms with Crippen molar-refractivity contribution in [2.24, 2.45) is 0 Å². The number of benzene rings is 3. The number of ether oxygens (including phenoxy) is 1. The summed E-state index contributed by atoms with van der Waals surface area (Å²) < 4.78 is 18.7. The van der Waals surface area contributed by atoms with Crippen molar-refractivity contribution in [2.45, 2.75) is 24.9 Å². The van der Waals surface area contributed by atoms with Crippen molar-refractivity contribution in [1.29, 1.82) is 0 Å². The van der Waals surface area contributed by atoms with E-state index in [4.69, 9.17) is 4.74 Å². The van der Waals surface area contributed by atoms with Crippen LogP contribution in [0, 0.1) is 5.82 Å². The van der Waals surface area contributed by atoms with Gasteiger partial charge in [-0.15, -0.1) is 0 Å². The molecule has 1 N–H and O–H groups in total. The molecule has 0 radical (unpaired) electrons. The number of nitrogens with one attached hydrogen (secondary N) is 1. The van der Waals surface area contributed by atoms with E-state index in [-0.39, 0.29) is 5.82 Å². The lowest BCUT2D eigenvalue weighted by Crippen LogP contribution is -2.17. The van der Waals surface area contributed by atoms with E-state index in [0.717, 1.165) is 30.0 Å². The summed E-state index contributed by atoms with van der Waals surface area (Å²) in [6.45, 7) is 0.774. The van der Waals surface area contributed by atoms with E-state index in [9.17, 15) is 4.39 Å². The van der Waals surface area contributed by atoms with Gasteiger partial charge >= 0.3 is 0 Å². The standard InChI is InChI=1S/C22H20FNO/c23-18-10-6-16(7-11-18)15-24-22-14-21(22)17-8-12-20(13-9-17)25-19-4-2-1-3-5-19/h1-13,21-22,24H,14-15H2/t21?,22-/m0/s1. The second-order valence-electron chi connectivity index (χ2n) is 6.44. The van der Waals surface area contributed by atoms with E-state index >= 15 is 0 Å². The third kappa shape index (κ3) is 4.06. The zero-order valence-electron chi connectivity index (χ0n) is 13.9. The molecule has 0 spiro atoms. The molecular formula is C22H20FNO. The Morgan fingerprint density at radius 1 is 0.840 bits per heavy atom. The summed E-state index contributed by atoms with van der Waals surface area (Å²) in [5, 5.41) is 3.54. The number of rotatable bonds is 6. The molecule has 0 amide bonds. The molecule has 2 nitrogen and oxygen atoms in total. The van der Waals surface area contributed by atoms with E-state index in [1.54, 1.807) is 0 Å². The van der Waals surface area contributed by atoms with Crippen LogP contribution in [0.5, 0.6) is 11.5 Å². The minimum Gasteiger partial charge on any atom is -0.457 e. The van der Waals surface area contributed by atoms with Gasteiger partial charge in [0.15, 0.2) is 0 Å². The molecule has 0 aromatic heterocycles.